The largest absolute Gasteiger partial charge is 0.461 e. The summed E-state index contributed by atoms with van der Waals surface area (Å²) in [5.41, 5.74) is 7.35. The first-order valence-corrected chi connectivity index (χ1v) is 9.49. The van der Waals surface area contributed by atoms with Crippen molar-refractivity contribution in [2.45, 2.75) is 13.5 Å². The first kappa shape index (κ1) is 19.8. The number of nitrogen functional groups attached to an aromatic ring is 1. The molecule has 1 aromatic carbocycles. The van der Waals surface area contributed by atoms with Gasteiger partial charge in [-0.05, 0) is 41.5 Å². The summed E-state index contributed by atoms with van der Waals surface area (Å²) in [6, 6.07) is 6.44. The van der Waals surface area contributed by atoms with Gasteiger partial charge in [-0.3, -0.25) is 4.90 Å². The lowest BCUT2D eigenvalue weighted by Gasteiger charge is -2.36. The van der Waals surface area contributed by atoms with Crippen LogP contribution in [0.4, 0.5) is 15.9 Å². The molecule has 0 bridgehead atoms. The summed E-state index contributed by atoms with van der Waals surface area (Å²) < 4.78 is 24.3. The summed E-state index contributed by atoms with van der Waals surface area (Å²) in [6.07, 6.45) is 0. The zero-order chi connectivity index (χ0) is 21.1. The van der Waals surface area contributed by atoms with Crippen molar-refractivity contribution in [3.63, 3.8) is 0 Å². The van der Waals surface area contributed by atoms with E-state index in [9.17, 15) is 9.18 Å². The van der Waals surface area contributed by atoms with Gasteiger partial charge in [0.05, 0.1) is 12.3 Å². The Bertz CT molecular complexity index is 1010. The van der Waals surface area contributed by atoms with Crippen molar-refractivity contribution in [1.82, 2.24) is 30.2 Å². The number of nitrogens with zero attached hydrogens (tertiary/aromatic N) is 7. The molecule has 11 nitrogen and oxygen atoms in total. The normalized spacial score (nSPS) is 14.8. The first-order chi connectivity index (χ1) is 14.6. The Morgan fingerprint density at radius 1 is 1.20 bits per heavy atom. The minimum atomic E-state index is -0.571. The third-order valence-electron chi connectivity index (χ3n) is 4.87. The van der Waals surface area contributed by atoms with E-state index in [1.54, 1.807) is 19.1 Å². The van der Waals surface area contributed by atoms with Gasteiger partial charge in [0.2, 0.25) is 11.6 Å². The maximum absolute atomic E-state index is 13.2. The highest BCUT2D eigenvalue weighted by Gasteiger charge is 2.27. The highest BCUT2D eigenvalue weighted by Crippen LogP contribution is 2.21. The molecular weight excluding hydrogens is 395 g/mol. The van der Waals surface area contributed by atoms with E-state index in [0.29, 0.717) is 12.2 Å². The maximum Gasteiger partial charge on any atom is 0.360 e. The fraction of sp³-hybridized carbons (Fsp3) is 0.389. The molecule has 3 heterocycles. The van der Waals surface area contributed by atoms with Crippen LogP contribution >= 0.6 is 0 Å². The number of hydrogen-bond donors (Lipinski definition) is 1. The molecule has 0 aliphatic carbocycles. The van der Waals surface area contributed by atoms with Gasteiger partial charge in [0, 0.05) is 38.4 Å². The molecule has 0 radical (unpaired) electrons. The number of nitrogens with two attached hydrogens (primary N) is 1. The van der Waals surface area contributed by atoms with Gasteiger partial charge < -0.3 is 15.4 Å². The van der Waals surface area contributed by atoms with Crippen molar-refractivity contribution in [3.05, 3.63) is 41.5 Å². The van der Waals surface area contributed by atoms with Crippen LogP contribution in [0.3, 0.4) is 0 Å². The fourth-order valence-corrected chi connectivity index (χ4v) is 3.34. The lowest BCUT2D eigenvalue weighted by Crippen LogP contribution is -2.46. The molecule has 1 aliphatic heterocycles. The van der Waals surface area contributed by atoms with Crippen molar-refractivity contribution in [1.29, 1.82) is 0 Å². The van der Waals surface area contributed by atoms with Crippen LogP contribution in [-0.2, 0) is 11.3 Å². The molecule has 2 aromatic heterocycles. The molecule has 0 spiro atoms. The molecule has 30 heavy (non-hydrogen) atoms. The SMILES string of the molecule is CCOC(=O)c1nnn(-c2nonc2N)c1CN1CCN(c2ccc(F)cc2)CC1. The molecule has 1 saturated heterocycles. The first-order valence-electron chi connectivity index (χ1n) is 9.49. The number of hydrogen-bond acceptors (Lipinski definition) is 10. The Morgan fingerprint density at radius 2 is 1.93 bits per heavy atom. The van der Waals surface area contributed by atoms with E-state index in [-0.39, 0.29) is 29.8 Å². The van der Waals surface area contributed by atoms with Crippen LogP contribution in [-0.4, -0.2) is 69.0 Å². The topological polar surface area (TPSA) is 128 Å². The molecule has 0 atom stereocenters. The van der Waals surface area contributed by atoms with E-state index in [4.69, 9.17) is 10.5 Å². The Morgan fingerprint density at radius 3 is 2.57 bits per heavy atom. The highest BCUT2D eigenvalue weighted by atomic mass is 19.1. The van der Waals surface area contributed by atoms with E-state index < -0.39 is 5.97 Å². The third kappa shape index (κ3) is 3.94. The summed E-state index contributed by atoms with van der Waals surface area (Å²) in [5.74, 6) is -0.624. The number of carbonyl (C=O) groups is 1. The summed E-state index contributed by atoms with van der Waals surface area (Å²) in [7, 11) is 0. The van der Waals surface area contributed by atoms with Gasteiger partial charge in [0.15, 0.2) is 5.69 Å². The van der Waals surface area contributed by atoms with Crippen molar-refractivity contribution >= 4 is 17.5 Å². The molecule has 2 N–H and O–H groups in total. The smallest absolute Gasteiger partial charge is 0.360 e. The zero-order valence-corrected chi connectivity index (χ0v) is 16.4. The molecule has 158 valence electrons. The predicted octanol–water partition coefficient (Wildman–Crippen LogP) is 0.870. The molecule has 1 aliphatic rings. The average Bonchev–Trinajstić information content (AvgIpc) is 3.35. The molecule has 3 aromatic rings. The van der Waals surface area contributed by atoms with E-state index in [1.807, 2.05) is 0 Å². The van der Waals surface area contributed by atoms with Crippen LogP contribution in [0.15, 0.2) is 28.9 Å². The van der Waals surface area contributed by atoms with Crippen LogP contribution in [0.5, 0.6) is 0 Å². The van der Waals surface area contributed by atoms with Gasteiger partial charge in [-0.2, -0.15) is 4.68 Å². The Balaban J connectivity index is 1.52. The monoisotopic (exact) mass is 416 g/mol. The third-order valence-corrected chi connectivity index (χ3v) is 4.87. The minimum Gasteiger partial charge on any atom is -0.461 e. The second kappa shape index (κ2) is 8.45. The van der Waals surface area contributed by atoms with E-state index in [2.05, 4.69) is 35.1 Å². The number of carbonyl (C=O) groups excluding carboxylic acids is 1. The molecule has 0 unspecified atom stereocenters. The zero-order valence-electron chi connectivity index (χ0n) is 16.4. The molecule has 12 heteroatoms. The number of benzene rings is 1. The number of halogens is 1. The van der Waals surface area contributed by atoms with E-state index in [1.165, 1.54) is 16.8 Å². The number of rotatable bonds is 6. The van der Waals surface area contributed by atoms with Crippen LogP contribution in [0, 0.1) is 5.82 Å². The van der Waals surface area contributed by atoms with E-state index >= 15 is 0 Å². The van der Waals surface area contributed by atoms with E-state index in [0.717, 1.165) is 31.9 Å². The molecule has 0 amide bonds. The van der Waals surface area contributed by atoms with Gasteiger partial charge in [-0.25, -0.2) is 13.8 Å². The predicted molar refractivity (Wildman–Crippen MR) is 103 cm³/mol. The van der Waals surface area contributed by atoms with Crippen molar-refractivity contribution in [3.8, 4) is 5.82 Å². The van der Waals surface area contributed by atoms with Crippen LogP contribution in [0.1, 0.15) is 23.1 Å². The summed E-state index contributed by atoms with van der Waals surface area (Å²) in [6.45, 7) is 5.25. The molecule has 1 fully saturated rings. The summed E-state index contributed by atoms with van der Waals surface area (Å²) in [5, 5.41) is 15.3. The lowest BCUT2D eigenvalue weighted by atomic mass is 10.2. The van der Waals surface area contributed by atoms with Crippen molar-refractivity contribution < 1.29 is 18.6 Å². The summed E-state index contributed by atoms with van der Waals surface area (Å²) in [4.78, 5) is 16.7. The Hall–Kier alpha value is -3.54. The highest BCUT2D eigenvalue weighted by molar-refractivity contribution is 5.88. The van der Waals surface area contributed by atoms with Crippen molar-refractivity contribution in [2.75, 3.05) is 43.4 Å². The Kier molecular flexibility index (Phi) is 5.57. The van der Waals surface area contributed by atoms with Crippen molar-refractivity contribution in [2.24, 2.45) is 0 Å². The van der Waals surface area contributed by atoms with Gasteiger partial charge in [-0.15, -0.1) is 5.10 Å². The van der Waals surface area contributed by atoms with Crippen LogP contribution < -0.4 is 10.6 Å². The van der Waals surface area contributed by atoms with Gasteiger partial charge in [0.1, 0.15) is 5.82 Å². The summed E-state index contributed by atoms with van der Waals surface area (Å²) >= 11 is 0. The van der Waals surface area contributed by atoms with Crippen LogP contribution in [0.25, 0.3) is 5.82 Å². The number of anilines is 2. The maximum atomic E-state index is 13.2. The number of piperazine rings is 1. The Labute approximate surface area is 171 Å². The number of ether oxygens (including phenoxy) is 1. The van der Waals surface area contributed by atoms with Gasteiger partial charge in [-0.1, -0.05) is 5.21 Å². The quantitative estimate of drug-likeness (QED) is 0.578. The second-order valence-electron chi connectivity index (χ2n) is 6.73. The lowest BCUT2D eigenvalue weighted by molar-refractivity contribution is 0.0516. The number of esters is 1. The standard InChI is InChI=1S/C18H21FN8O3/c1-2-29-18(28)15-14(27(24-21-15)17-16(20)22-30-23-17)11-25-7-9-26(10-8-25)13-5-3-12(19)4-6-13/h3-6H,2,7-11H2,1H3,(H2,20,22). The fourth-order valence-electron chi connectivity index (χ4n) is 3.34. The van der Waals surface area contributed by atoms with Gasteiger partial charge in [0.25, 0.3) is 0 Å². The van der Waals surface area contributed by atoms with Gasteiger partial charge >= 0.3 is 5.97 Å². The average molecular weight is 416 g/mol. The minimum absolute atomic E-state index is 0.0395. The second-order valence-corrected chi connectivity index (χ2v) is 6.73. The molecular formula is C18H21FN8O3. The molecule has 0 saturated carbocycles. The number of aromatic nitrogens is 5. The molecule has 4 rings (SSSR count). The van der Waals surface area contributed by atoms with Crippen LogP contribution in [0.2, 0.25) is 0 Å².